The minimum absolute atomic E-state index is 0.0410. The molecule has 0 saturated heterocycles. The fourth-order valence-electron chi connectivity index (χ4n) is 5.39. The molecule has 0 radical (unpaired) electrons. The second-order valence-electron chi connectivity index (χ2n) is 9.91. The van der Waals surface area contributed by atoms with Crippen molar-refractivity contribution in [1.82, 2.24) is 10.2 Å². The van der Waals surface area contributed by atoms with Crippen molar-refractivity contribution in [3.63, 3.8) is 0 Å². The molecule has 2 aliphatic carbocycles. The molecular formula is C24H26F4N2O3. The number of amides is 2. The lowest BCUT2D eigenvalue weighted by atomic mass is 9.72. The molecule has 3 aliphatic rings. The van der Waals surface area contributed by atoms with Gasteiger partial charge in [-0.2, -0.15) is 13.2 Å². The Hall–Kier alpha value is -2.71. The molecule has 4 rings (SSSR count). The highest BCUT2D eigenvalue weighted by atomic mass is 19.4. The number of benzene rings is 1. The Balaban J connectivity index is 1.89. The second-order valence-corrected chi connectivity index (χ2v) is 9.91. The zero-order valence-electron chi connectivity index (χ0n) is 18.5. The van der Waals surface area contributed by atoms with Crippen LogP contribution in [-0.4, -0.2) is 40.3 Å². The zero-order valence-corrected chi connectivity index (χ0v) is 18.5. The largest absolute Gasteiger partial charge is 0.425 e. The molecule has 1 atom stereocenters. The molecule has 5 nitrogen and oxygen atoms in total. The van der Waals surface area contributed by atoms with Gasteiger partial charge in [0.1, 0.15) is 5.82 Å². The van der Waals surface area contributed by atoms with Crippen LogP contribution in [0.3, 0.4) is 0 Å². The van der Waals surface area contributed by atoms with Crippen molar-refractivity contribution in [2.24, 2.45) is 5.41 Å². The van der Waals surface area contributed by atoms with Gasteiger partial charge in [-0.15, -0.1) is 0 Å². The normalized spacial score (nSPS) is 25.9. The first-order valence-corrected chi connectivity index (χ1v) is 11.1. The number of hydrogen-bond acceptors (Lipinski definition) is 3. The Kier molecular flexibility index (Phi) is 5.65. The molecule has 1 aromatic carbocycles. The highest BCUT2D eigenvalue weighted by Gasteiger charge is 2.72. The highest BCUT2D eigenvalue weighted by Crippen LogP contribution is 2.53. The minimum Gasteiger partial charge on any atom is -0.326 e. The maximum Gasteiger partial charge on any atom is 0.425 e. The first kappa shape index (κ1) is 23.4. The molecule has 178 valence electrons. The predicted octanol–water partition coefficient (Wildman–Crippen LogP) is 4.67. The van der Waals surface area contributed by atoms with Crippen LogP contribution in [0.2, 0.25) is 0 Å². The predicted molar refractivity (Wildman–Crippen MR) is 111 cm³/mol. The quantitative estimate of drug-likeness (QED) is 0.659. The number of halogens is 4. The third kappa shape index (κ3) is 3.75. The molecule has 0 spiro atoms. The van der Waals surface area contributed by atoms with Crippen molar-refractivity contribution >= 4 is 17.6 Å². The van der Waals surface area contributed by atoms with E-state index in [1.807, 2.05) is 0 Å². The Bertz CT molecular complexity index is 1040. The van der Waals surface area contributed by atoms with E-state index in [-0.39, 0.29) is 18.5 Å². The van der Waals surface area contributed by atoms with Gasteiger partial charge >= 0.3 is 6.18 Å². The lowest BCUT2D eigenvalue weighted by molar-refractivity contribution is -0.191. The van der Waals surface area contributed by atoms with Crippen LogP contribution in [0.5, 0.6) is 0 Å². The summed E-state index contributed by atoms with van der Waals surface area (Å²) >= 11 is 0. The number of carbonyl (C=O) groups excluding carboxylic acids is 3. The number of carbonyl (C=O) groups is 3. The number of nitrogens with one attached hydrogen (secondary N) is 1. The Morgan fingerprint density at radius 3 is 2.30 bits per heavy atom. The SMILES string of the molecule is CC1(C)CC(=O)C2=C(C1)N(C1CCCCC1)C(=O)C2(NC(=O)c1ccccc1F)C(F)(F)F. The lowest BCUT2D eigenvalue weighted by Crippen LogP contribution is -2.66. The Morgan fingerprint density at radius 2 is 1.70 bits per heavy atom. The van der Waals surface area contributed by atoms with Crippen molar-refractivity contribution < 1.29 is 31.9 Å². The van der Waals surface area contributed by atoms with Gasteiger partial charge in [-0.25, -0.2) is 4.39 Å². The van der Waals surface area contributed by atoms with Crippen LogP contribution in [0, 0.1) is 11.2 Å². The molecule has 2 amide bonds. The summed E-state index contributed by atoms with van der Waals surface area (Å²) in [5.41, 5.74) is -5.47. The summed E-state index contributed by atoms with van der Waals surface area (Å²) in [4.78, 5) is 40.8. The van der Waals surface area contributed by atoms with Crippen LogP contribution >= 0.6 is 0 Å². The molecular weight excluding hydrogens is 440 g/mol. The number of rotatable bonds is 3. The van der Waals surface area contributed by atoms with E-state index in [0.29, 0.717) is 12.8 Å². The van der Waals surface area contributed by atoms with E-state index in [0.717, 1.165) is 36.3 Å². The first-order valence-electron chi connectivity index (χ1n) is 11.1. The van der Waals surface area contributed by atoms with Crippen molar-refractivity contribution in [2.75, 3.05) is 0 Å². The molecule has 33 heavy (non-hydrogen) atoms. The van der Waals surface area contributed by atoms with E-state index in [9.17, 15) is 31.9 Å². The standard InChI is InChI=1S/C24H26F4N2O3/c1-22(2)12-17-19(18(31)13-22)23(24(26,27)28,21(33)30(17)14-8-4-3-5-9-14)29-20(32)15-10-6-7-11-16(15)25/h6-7,10-11,14H,3-5,8-9,12-13H2,1-2H3,(H,29,32). The van der Waals surface area contributed by atoms with Crippen molar-refractivity contribution in [3.8, 4) is 0 Å². The molecule has 1 heterocycles. The number of ketones is 1. The van der Waals surface area contributed by atoms with Crippen LogP contribution in [0.1, 0.15) is 69.2 Å². The van der Waals surface area contributed by atoms with Crippen molar-refractivity contribution in [2.45, 2.75) is 76.6 Å². The van der Waals surface area contributed by atoms with Gasteiger partial charge in [-0.05, 0) is 36.8 Å². The average molecular weight is 466 g/mol. The van der Waals surface area contributed by atoms with Gasteiger partial charge in [0.05, 0.1) is 11.1 Å². The summed E-state index contributed by atoms with van der Waals surface area (Å²) in [5, 5.41) is 1.79. The van der Waals surface area contributed by atoms with Gasteiger partial charge in [0.2, 0.25) is 5.54 Å². The maximum atomic E-state index is 14.8. The van der Waals surface area contributed by atoms with Crippen molar-refractivity contribution in [1.29, 1.82) is 0 Å². The number of Topliss-reactive ketones (excluding diaryl/α,β-unsaturated/α-hetero) is 1. The summed E-state index contributed by atoms with van der Waals surface area (Å²) in [6.45, 7) is 3.54. The van der Waals surface area contributed by atoms with E-state index in [4.69, 9.17) is 0 Å². The number of nitrogens with zero attached hydrogens (tertiary/aromatic N) is 1. The van der Waals surface area contributed by atoms with Gasteiger partial charge in [0.25, 0.3) is 11.8 Å². The molecule has 1 fully saturated rings. The van der Waals surface area contributed by atoms with Gasteiger partial charge in [0, 0.05) is 18.2 Å². The van der Waals surface area contributed by atoms with Crippen LogP contribution in [0.4, 0.5) is 17.6 Å². The summed E-state index contributed by atoms with van der Waals surface area (Å²) in [5.74, 6) is -4.61. The first-order chi connectivity index (χ1) is 15.4. The van der Waals surface area contributed by atoms with Crippen LogP contribution in [0.25, 0.3) is 0 Å². The number of hydrogen-bond donors (Lipinski definition) is 1. The van der Waals surface area contributed by atoms with Gasteiger partial charge in [0.15, 0.2) is 5.78 Å². The number of allylic oxidation sites excluding steroid dienone is 1. The topological polar surface area (TPSA) is 66.5 Å². The molecule has 1 saturated carbocycles. The van der Waals surface area contributed by atoms with E-state index in [1.54, 1.807) is 19.2 Å². The maximum absolute atomic E-state index is 14.8. The van der Waals surface area contributed by atoms with E-state index < -0.39 is 57.7 Å². The van der Waals surface area contributed by atoms with Crippen LogP contribution in [-0.2, 0) is 9.59 Å². The van der Waals surface area contributed by atoms with Crippen LogP contribution in [0.15, 0.2) is 35.5 Å². The summed E-state index contributed by atoms with van der Waals surface area (Å²) < 4.78 is 58.5. The smallest absolute Gasteiger partial charge is 0.326 e. The molecule has 1 aromatic rings. The fourth-order valence-corrected chi connectivity index (χ4v) is 5.39. The van der Waals surface area contributed by atoms with Gasteiger partial charge < -0.3 is 10.2 Å². The summed E-state index contributed by atoms with van der Waals surface area (Å²) in [6.07, 6.45) is -1.91. The Morgan fingerprint density at radius 1 is 1.06 bits per heavy atom. The van der Waals surface area contributed by atoms with Gasteiger partial charge in [-0.3, -0.25) is 14.4 Å². The second kappa shape index (κ2) is 7.95. The van der Waals surface area contributed by atoms with Gasteiger partial charge in [-0.1, -0.05) is 45.2 Å². The molecule has 1 N–H and O–H groups in total. The molecule has 1 unspecified atom stereocenters. The summed E-state index contributed by atoms with van der Waals surface area (Å²) in [6, 6.07) is 4.10. The minimum atomic E-state index is -5.30. The van der Waals surface area contributed by atoms with E-state index in [2.05, 4.69) is 0 Å². The third-order valence-corrected chi connectivity index (χ3v) is 6.84. The van der Waals surface area contributed by atoms with E-state index in [1.165, 1.54) is 12.1 Å². The summed E-state index contributed by atoms with van der Waals surface area (Å²) in [7, 11) is 0. The monoisotopic (exact) mass is 466 g/mol. The third-order valence-electron chi connectivity index (χ3n) is 6.84. The highest BCUT2D eigenvalue weighted by molar-refractivity contribution is 6.14. The Labute approximate surface area is 189 Å². The zero-order chi connectivity index (χ0) is 24.2. The fraction of sp³-hybridized carbons (Fsp3) is 0.542. The average Bonchev–Trinajstić information content (AvgIpc) is 2.96. The number of alkyl halides is 3. The van der Waals surface area contributed by atoms with E-state index >= 15 is 0 Å². The lowest BCUT2D eigenvalue weighted by Gasteiger charge is -2.37. The molecule has 1 aliphatic heterocycles. The van der Waals surface area contributed by atoms with Crippen molar-refractivity contribution in [3.05, 3.63) is 46.9 Å². The molecule has 0 aromatic heterocycles. The molecule has 9 heteroatoms. The van der Waals surface area contributed by atoms with Crippen LogP contribution < -0.4 is 5.32 Å². The molecule has 0 bridgehead atoms.